The van der Waals surface area contributed by atoms with Crippen molar-refractivity contribution in [3.8, 4) is 0 Å². The molecular weight excluding hydrogens is 214 g/mol. The first-order valence-electron chi connectivity index (χ1n) is 5.80. The summed E-state index contributed by atoms with van der Waals surface area (Å²) in [6.45, 7) is 8.39. The quantitative estimate of drug-likeness (QED) is 0.850. The summed E-state index contributed by atoms with van der Waals surface area (Å²) < 4.78 is 1.76. The Bertz CT molecular complexity index is 523. The van der Waals surface area contributed by atoms with E-state index in [-0.39, 0.29) is 11.5 Å². The van der Waals surface area contributed by atoms with Gasteiger partial charge in [-0.2, -0.15) is 10.1 Å². The second-order valence-electron chi connectivity index (χ2n) is 5.54. The van der Waals surface area contributed by atoms with Gasteiger partial charge in [0.2, 0.25) is 0 Å². The van der Waals surface area contributed by atoms with E-state index in [1.165, 1.54) is 6.33 Å². The van der Waals surface area contributed by atoms with Gasteiger partial charge in [-0.15, -0.1) is 0 Å². The lowest BCUT2D eigenvalue weighted by Crippen LogP contribution is -2.37. The lowest BCUT2D eigenvalue weighted by Gasteiger charge is -2.27. The number of aryl methyl sites for hydroxylation is 1. The minimum Gasteiger partial charge on any atom is -0.327 e. The molecule has 0 saturated heterocycles. The smallest absolute Gasteiger partial charge is 0.252 e. The molecule has 0 radical (unpaired) electrons. The molecule has 92 valence electrons. The molecule has 0 saturated carbocycles. The lowest BCUT2D eigenvalue weighted by atomic mass is 9.85. The molecule has 0 aliphatic carbocycles. The van der Waals surface area contributed by atoms with Crippen molar-refractivity contribution in [2.24, 2.45) is 11.1 Å². The molecule has 17 heavy (non-hydrogen) atoms. The normalized spacial score (nSPS) is 14.2. The van der Waals surface area contributed by atoms with Crippen molar-refractivity contribution in [3.63, 3.8) is 0 Å². The number of nitrogens with zero attached hydrogens (tertiary/aromatic N) is 4. The third-order valence-electron chi connectivity index (χ3n) is 3.00. The molecule has 0 aromatic carbocycles. The summed E-state index contributed by atoms with van der Waals surface area (Å²) in [4.78, 5) is 8.42. The average molecular weight is 233 g/mol. The Labute approximate surface area is 101 Å². The molecule has 2 aromatic rings. The first-order chi connectivity index (χ1) is 7.88. The lowest BCUT2D eigenvalue weighted by molar-refractivity contribution is 0.315. The second-order valence-corrected chi connectivity index (χ2v) is 5.54. The highest BCUT2D eigenvalue weighted by Crippen LogP contribution is 2.20. The van der Waals surface area contributed by atoms with Crippen LogP contribution in [0.1, 0.15) is 32.2 Å². The second kappa shape index (κ2) is 4.07. The van der Waals surface area contributed by atoms with Gasteiger partial charge in [0.05, 0.1) is 0 Å². The van der Waals surface area contributed by atoms with Crippen LogP contribution in [0.4, 0.5) is 0 Å². The SMILES string of the molecule is Cc1cc(CC(N)C(C)(C)C)n2ncnc2n1. The molecule has 0 aliphatic heterocycles. The van der Waals surface area contributed by atoms with E-state index in [1.807, 2.05) is 13.0 Å². The molecule has 2 N–H and O–H groups in total. The van der Waals surface area contributed by atoms with Gasteiger partial charge in [-0.05, 0) is 18.4 Å². The van der Waals surface area contributed by atoms with Crippen LogP contribution in [0.25, 0.3) is 5.78 Å². The van der Waals surface area contributed by atoms with Crippen LogP contribution in [-0.4, -0.2) is 25.6 Å². The zero-order valence-electron chi connectivity index (χ0n) is 10.8. The fraction of sp³-hybridized carbons (Fsp3) is 0.583. The molecule has 0 spiro atoms. The molecule has 0 amide bonds. The summed E-state index contributed by atoms with van der Waals surface area (Å²) in [6.07, 6.45) is 2.29. The number of nitrogens with two attached hydrogens (primary N) is 1. The van der Waals surface area contributed by atoms with Crippen LogP contribution in [0.3, 0.4) is 0 Å². The van der Waals surface area contributed by atoms with Crippen molar-refractivity contribution in [1.82, 2.24) is 19.6 Å². The fourth-order valence-corrected chi connectivity index (χ4v) is 1.68. The Hall–Kier alpha value is -1.49. The number of hydrogen-bond donors (Lipinski definition) is 1. The third kappa shape index (κ3) is 2.44. The fourth-order valence-electron chi connectivity index (χ4n) is 1.68. The molecule has 5 nitrogen and oxygen atoms in total. The van der Waals surface area contributed by atoms with Crippen molar-refractivity contribution in [3.05, 3.63) is 23.8 Å². The maximum absolute atomic E-state index is 6.21. The van der Waals surface area contributed by atoms with Crippen LogP contribution in [-0.2, 0) is 6.42 Å². The van der Waals surface area contributed by atoms with Crippen LogP contribution >= 0.6 is 0 Å². The van der Waals surface area contributed by atoms with Crippen LogP contribution < -0.4 is 5.73 Å². The van der Waals surface area contributed by atoms with E-state index in [0.29, 0.717) is 5.78 Å². The van der Waals surface area contributed by atoms with Gasteiger partial charge in [-0.25, -0.2) is 9.50 Å². The number of aromatic nitrogens is 4. The summed E-state index contributed by atoms with van der Waals surface area (Å²) in [5.74, 6) is 0.640. The van der Waals surface area contributed by atoms with Gasteiger partial charge in [0.15, 0.2) is 0 Å². The van der Waals surface area contributed by atoms with Crippen LogP contribution in [0.2, 0.25) is 0 Å². The van der Waals surface area contributed by atoms with E-state index in [9.17, 15) is 0 Å². The molecule has 1 unspecified atom stereocenters. The van der Waals surface area contributed by atoms with Gasteiger partial charge in [-0.3, -0.25) is 0 Å². The Morgan fingerprint density at radius 2 is 2.12 bits per heavy atom. The summed E-state index contributed by atoms with van der Waals surface area (Å²) in [5.41, 5.74) is 8.29. The molecule has 2 rings (SSSR count). The summed E-state index contributed by atoms with van der Waals surface area (Å²) >= 11 is 0. The number of rotatable bonds is 2. The van der Waals surface area contributed by atoms with Crippen LogP contribution in [0.5, 0.6) is 0 Å². The van der Waals surface area contributed by atoms with Crippen LogP contribution in [0, 0.1) is 12.3 Å². The largest absolute Gasteiger partial charge is 0.327 e. The Balaban J connectivity index is 2.38. The predicted molar refractivity (Wildman–Crippen MR) is 66.7 cm³/mol. The summed E-state index contributed by atoms with van der Waals surface area (Å²) in [5, 5.41) is 4.18. The maximum Gasteiger partial charge on any atom is 0.252 e. The maximum atomic E-state index is 6.21. The third-order valence-corrected chi connectivity index (χ3v) is 3.00. The number of hydrogen-bond acceptors (Lipinski definition) is 4. The van der Waals surface area contributed by atoms with Crippen LogP contribution in [0.15, 0.2) is 12.4 Å². The summed E-state index contributed by atoms with van der Waals surface area (Å²) in [6, 6.07) is 2.10. The highest BCUT2D eigenvalue weighted by atomic mass is 15.3. The van der Waals surface area contributed by atoms with Gasteiger partial charge < -0.3 is 5.73 Å². The van der Waals surface area contributed by atoms with Gasteiger partial charge in [0.25, 0.3) is 5.78 Å². The summed E-state index contributed by atoms with van der Waals surface area (Å²) in [7, 11) is 0. The zero-order chi connectivity index (χ0) is 12.6. The van der Waals surface area contributed by atoms with E-state index >= 15 is 0 Å². The van der Waals surface area contributed by atoms with E-state index < -0.39 is 0 Å². The average Bonchev–Trinajstić information content (AvgIpc) is 2.63. The first kappa shape index (κ1) is 12.0. The topological polar surface area (TPSA) is 69.1 Å². The Morgan fingerprint density at radius 3 is 2.76 bits per heavy atom. The Morgan fingerprint density at radius 1 is 1.41 bits per heavy atom. The van der Waals surface area contributed by atoms with Gasteiger partial charge in [0, 0.05) is 23.9 Å². The first-order valence-corrected chi connectivity index (χ1v) is 5.80. The molecular formula is C12H19N5. The minimum absolute atomic E-state index is 0.0735. The monoisotopic (exact) mass is 233 g/mol. The molecule has 1 atom stereocenters. The molecule has 0 fully saturated rings. The Kier molecular flexibility index (Phi) is 2.87. The number of fused-ring (bicyclic) bond motifs is 1. The standard InChI is InChI=1S/C12H19N5/c1-8-5-9(6-10(13)12(2,3)4)17-11(16-8)14-7-15-17/h5,7,10H,6,13H2,1-4H3. The molecule has 2 heterocycles. The molecule has 5 heteroatoms. The van der Waals surface area contributed by atoms with E-state index in [4.69, 9.17) is 5.73 Å². The highest BCUT2D eigenvalue weighted by Gasteiger charge is 2.22. The van der Waals surface area contributed by atoms with E-state index in [1.54, 1.807) is 4.52 Å². The zero-order valence-corrected chi connectivity index (χ0v) is 10.8. The van der Waals surface area contributed by atoms with Crippen molar-refractivity contribution in [2.45, 2.75) is 40.2 Å². The van der Waals surface area contributed by atoms with Gasteiger partial charge in [0.1, 0.15) is 6.33 Å². The van der Waals surface area contributed by atoms with Crippen molar-refractivity contribution < 1.29 is 0 Å². The molecule has 0 aliphatic rings. The molecule has 0 bridgehead atoms. The highest BCUT2D eigenvalue weighted by molar-refractivity contribution is 5.30. The van der Waals surface area contributed by atoms with Crippen molar-refractivity contribution >= 4 is 5.78 Å². The molecule has 2 aromatic heterocycles. The van der Waals surface area contributed by atoms with Crippen molar-refractivity contribution in [1.29, 1.82) is 0 Å². The predicted octanol–water partition coefficient (Wildman–Crippen LogP) is 1.35. The van der Waals surface area contributed by atoms with Gasteiger partial charge in [-0.1, -0.05) is 20.8 Å². The van der Waals surface area contributed by atoms with Crippen molar-refractivity contribution in [2.75, 3.05) is 0 Å². The van der Waals surface area contributed by atoms with E-state index in [0.717, 1.165) is 17.8 Å². The minimum atomic E-state index is 0.0735. The van der Waals surface area contributed by atoms with E-state index in [2.05, 4.69) is 35.8 Å². The van der Waals surface area contributed by atoms with Gasteiger partial charge >= 0.3 is 0 Å².